The molecule has 149 valence electrons. The molecule has 1 radical (unpaired) electrons. The van der Waals surface area contributed by atoms with Crippen molar-refractivity contribution in [2.75, 3.05) is 51.6 Å². The molecule has 0 aromatic carbocycles. The van der Waals surface area contributed by atoms with Gasteiger partial charge in [0.05, 0.1) is 12.4 Å². The van der Waals surface area contributed by atoms with Crippen molar-refractivity contribution in [3.05, 3.63) is 6.42 Å². The lowest BCUT2D eigenvalue weighted by Crippen LogP contribution is -2.58. The second kappa shape index (κ2) is 8.10. The van der Waals surface area contributed by atoms with Gasteiger partial charge in [-0.25, -0.2) is 8.42 Å². The van der Waals surface area contributed by atoms with E-state index < -0.39 is 15.6 Å². The van der Waals surface area contributed by atoms with Crippen molar-refractivity contribution in [3.63, 3.8) is 0 Å². The summed E-state index contributed by atoms with van der Waals surface area (Å²) in [7, 11) is -3.28. The Morgan fingerprint density at radius 1 is 1.23 bits per heavy atom. The summed E-state index contributed by atoms with van der Waals surface area (Å²) in [6.07, 6.45) is 6.04. The molecule has 0 aromatic rings. The number of nitrogens with zero attached hydrogens (tertiary/aromatic N) is 3. The minimum atomic E-state index is -3.28. The molecule has 3 fully saturated rings. The first kappa shape index (κ1) is 20.0. The van der Waals surface area contributed by atoms with Crippen LogP contribution >= 0.6 is 0 Å². The fourth-order valence-electron chi connectivity index (χ4n) is 4.71. The number of hydrogen-bond donors (Lipinski definition) is 2. The SMILES string of the molecule is NC(=O)[C@]12C[CH]C[C@H](CC1)N2CCCS(=O)(=O)N1CCN(CCO)CC1. The van der Waals surface area contributed by atoms with E-state index in [0.29, 0.717) is 58.2 Å². The van der Waals surface area contributed by atoms with E-state index in [-0.39, 0.29) is 18.3 Å². The summed E-state index contributed by atoms with van der Waals surface area (Å²) in [5.74, 6) is -0.173. The molecular formula is C17H31N4O4S. The Balaban J connectivity index is 1.52. The Morgan fingerprint density at radius 2 is 1.96 bits per heavy atom. The smallest absolute Gasteiger partial charge is 0.237 e. The van der Waals surface area contributed by atoms with E-state index in [1.165, 1.54) is 0 Å². The summed E-state index contributed by atoms with van der Waals surface area (Å²) >= 11 is 0. The highest BCUT2D eigenvalue weighted by molar-refractivity contribution is 7.89. The number of amides is 1. The fourth-order valence-corrected chi connectivity index (χ4v) is 6.19. The average Bonchev–Trinajstić information content (AvgIpc) is 2.81. The number of primary amides is 1. The number of nitrogens with two attached hydrogens (primary N) is 1. The normalized spacial score (nSPS) is 31.3. The van der Waals surface area contributed by atoms with Crippen LogP contribution in [0.15, 0.2) is 0 Å². The lowest BCUT2D eigenvalue weighted by Gasteiger charge is -2.42. The van der Waals surface area contributed by atoms with Crippen LogP contribution in [0.5, 0.6) is 0 Å². The maximum absolute atomic E-state index is 12.6. The van der Waals surface area contributed by atoms with E-state index in [1.807, 2.05) is 0 Å². The molecule has 3 aliphatic rings. The molecule has 8 nitrogen and oxygen atoms in total. The molecule has 0 aromatic heterocycles. The Bertz CT molecular complexity index is 602. The molecular weight excluding hydrogens is 356 g/mol. The number of carbonyl (C=O) groups is 1. The van der Waals surface area contributed by atoms with E-state index in [4.69, 9.17) is 10.8 Å². The Kier molecular flexibility index (Phi) is 6.23. The number of β-amino-alcohol motifs (C(OH)–C–C–N with tert-alkyl or cyclic N) is 1. The quantitative estimate of drug-likeness (QED) is 0.553. The first-order valence-corrected chi connectivity index (χ1v) is 11.2. The summed E-state index contributed by atoms with van der Waals surface area (Å²) < 4.78 is 26.8. The predicted octanol–water partition coefficient (Wildman–Crippen LogP) is -0.997. The first-order valence-electron chi connectivity index (χ1n) is 9.58. The molecule has 2 atom stereocenters. The van der Waals surface area contributed by atoms with E-state index >= 15 is 0 Å². The molecule has 3 heterocycles. The second-order valence-corrected chi connectivity index (χ2v) is 9.73. The molecule has 2 bridgehead atoms. The fraction of sp³-hybridized carbons (Fsp3) is 0.882. The summed E-state index contributed by atoms with van der Waals surface area (Å²) in [5.41, 5.74) is 5.10. The molecule has 3 aliphatic heterocycles. The topological polar surface area (TPSA) is 107 Å². The van der Waals surface area contributed by atoms with Crippen LogP contribution in [0.2, 0.25) is 0 Å². The largest absolute Gasteiger partial charge is 0.395 e. The lowest BCUT2D eigenvalue weighted by atomic mass is 9.87. The Labute approximate surface area is 156 Å². The predicted molar refractivity (Wildman–Crippen MR) is 98.7 cm³/mol. The highest BCUT2D eigenvalue weighted by atomic mass is 32.2. The van der Waals surface area contributed by atoms with Gasteiger partial charge in [-0.3, -0.25) is 14.6 Å². The summed E-state index contributed by atoms with van der Waals surface area (Å²) in [5, 5.41) is 8.98. The minimum absolute atomic E-state index is 0.1000. The van der Waals surface area contributed by atoms with Crippen molar-refractivity contribution in [2.24, 2.45) is 5.73 Å². The van der Waals surface area contributed by atoms with Gasteiger partial charge >= 0.3 is 0 Å². The molecule has 0 saturated carbocycles. The second-order valence-electron chi connectivity index (χ2n) is 7.64. The maximum atomic E-state index is 12.6. The zero-order valence-corrected chi connectivity index (χ0v) is 16.2. The van der Waals surface area contributed by atoms with Crippen molar-refractivity contribution in [3.8, 4) is 0 Å². The number of aliphatic hydroxyl groups is 1. The van der Waals surface area contributed by atoms with Gasteiger partial charge in [0, 0.05) is 45.3 Å². The number of piperidine rings is 1. The third-order valence-electron chi connectivity index (χ3n) is 6.20. The van der Waals surface area contributed by atoms with Crippen LogP contribution < -0.4 is 5.73 Å². The van der Waals surface area contributed by atoms with E-state index in [1.54, 1.807) is 4.31 Å². The zero-order chi connectivity index (χ0) is 18.8. The van der Waals surface area contributed by atoms with Crippen LogP contribution in [0.3, 0.4) is 0 Å². The maximum Gasteiger partial charge on any atom is 0.237 e. The van der Waals surface area contributed by atoms with Gasteiger partial charge in [-0.15, -0.1) is 0 Å². The number of hydrogen-bond acceptors (Lipinski definition) is 6. The molecule has 0 aliphatic carbocycles. The van der Waals surface area contributed by atoms with Gasteiger partial charge < -0.3 is 10.8 Å². The number of carbonyl (C=O) groups excluding carboxylic acids is 1. The summed E-state index contributed by atoms with van der Waals surface area (Å²) in [4.78, 5) is 16.3. The van der Waals surface area contributed by atoms with Crippen molar-refractivity contribution in [1.29, 1.82) is 0 Å². The number of piperazine rings is 1. The van der Waals surface area contributed by atoms with Crippen LogP contribution in [0, 0.1) is 6.42 Å². The molecule has 3 rings (SSSR count). The van der Waals surface area contributed by atoms with Crippen LogP contribution in [-0.2, 0) is 14.8 Å². The van der Waals surface area contributed by atoms with Gasteiger partial charge in [0.15, 0.2) is 0 Å². The van der Waals surface area contributed by atoms with E-state index in [2.05, 4.69) is 16.2 Å². The van der Waals surface area contributed by atoms with Gasteiger partial charge in [0.25, 0.3) is 0 Å². The van der Waals surface area contributed by atoms with Crippen LogP contribution in [0.25, 0.3) is 0 Å². The molecule has 9 heteroatoms. The van der Waals surface area contributed by atoms with Crippen molar-refractivity contribution >= 4 is 15.9 Å². The van der Waals surface area contributed by atoms with Gasteiger partial charge in [-0.1, -0.05) is 0 Å². The number of fused-ring (bicyclic) bond motifs is 2. The van der Waals surface area contributed by atoms with Gasteiger partial charge in [0.1, 0.15) is 5.54 Å². The van der Waals surface area contributed by atoms with E-state index in [9.17, 15) is 13.2 Å². The van der Waals surface area contributed by atoms with Gasteiger partial charge in [-0.05, 0) is 38.5 Å². The van der Waals surface area contributed by atoms with Gasteiger partial charge in [0.2, 0.25) is 15.9 Å². The molecule has 0 spiro atoms. The van der Waals surface area contributed by atoms with Crippen molar-refractivity contribution in [1.82, 2.24) is 14.1 Å². The zero-order valence-electron chi connectivity index (χ0n) is 15.3. The third-order valence-corrected chi connectivity index (χ3v) is 8.16. The average molecular weight is 388 g/mol. The van der Waals surface area contributed by atoms with Crippen LogP contribution in [-0.4, -0.2) is 96.7 Å². The van der Waals surface area contributed by atoms with Crippen molar-refractivity contribution in [2.45, 2.75) is 43.7 Å². The molecule has 26 heavy (non-hydrogen) atoms. The molecule has 3 saturated heterocycles. The Hall–Kier alpha value is -0.740. The van der Waals surface area contributed by atoms with Crippen LogP contribution in [0.1, 0.15) is 32.1 Å². The van der Waals surface area contributed by atoms with Crippen LogP contribution in [0.4, 0.5) is 0 Å². The highest BCUT2D eigenvalue weighted by Crippen LogP contribution is 2.43. The van der Waals surface area contributed by atoms with Gasteiger partial charge in [-0.2, -0.15) is 4.31 Å². The highest BCUT2D eigenvalue weighted by Gasteiger charge is 2.52. The van der Waals surface area contributed by atoms with Crippen molar-refractivity contribution < 1.29 is 18.3 Å². The first-order chi connectivity index (χ1) is 12.4. The number of aliphatic hydroxyl groups excluding tert-OH is 1. The summed E-state index contributed by atoms with van der Waals surface area (Å²) in [6.45, 7) is 3.58. The van der Waals surface area contributed by atoms with E-state index in [0.717, 1.165) is 19.3 Å². The number of rotatable bonds is 8. The molecule has 1 amide bonds. The molecule has 3 N–H and O–H groups in total. The lowest BCUT2D eigenvalue weighted by molar-refractivity contribution is -0.130. The Morgan fingerprint density at radius 3 is 2.62 bits per heavy atom. The molecule has 0 unspecified atom stereocenters. The number of sulfonamides is 1. The third kappa shape index (κ3) is 3.91. The minimum Gasteiger partial charge on any atom is -0.395 e. The summed E-state index contributed by atoms with van der Waals surface area (Å²) in [6, 6.07) is 0.320. The monoisotopic (exact) mass is 387 g/mol. The standard InChI is InChI=1S/C17H31N4O4S/c18-16(23)17-5-1-3-15(4-6-17)21(17)7-2-14-26(24,25)20-10-8-19(9-11-20)12-13-22/h1,15,22H,2-14H2,(H2,18,23)/t15-,17+/m1/s1.